The quantitative estimate of drug-likeness (QED) is 0.807. The molecule has 0 heterocycles. The maximum absolute atomic E-state index is 10.5. The molecule has 1 aliphatic rings. The molecule has 1 aromatic carbocycles. The summed E-state index contributed by atoms with van der Waals surface area (Å²) in [5.74, 6) is -0.0388. The highest BCUT2D eigenvalue weighted by molar-refractivity contribution is 5.85. The summed E-state index contributed by atoms with van der Waals surface area (Å²) in [4.78, 5) is 12.8. The van der Waals surface area contributed by atoms with Crippen molar-refractivity contribution in [3.63, 3.8) is 0 Å². The molecular weight excluding hydrogens is 250 g/mol. The second kappa shape index (κ2) is 7.25. The lowest BCUT2D eigenvalue weighted by Crippen LogP contribution is -2.24. The Morgan fingerprint density at radius 2 is 1.95 bits per heavy atom. The highest BCUT2D eigenvalue weighted by atomic mass is 16.4. The molecule has 1 saturated carbocycles. The van der Waals surface area contributed by atoms with Gasteiger partial charge in [0.25, 0.3) is 0 Å². The Morgan fingerprint density at radius 3 is 2.55 bits per heavy atom. The summed E-state index contributed by atoms with van der Waals surface area (Å²) in [5.41, 5.74) is 2.20. The lowest BCUT2D eigenvalue weighted by atomic mass is 10.1. The number of hydrogen-bond donors (Lipinski definition) is 1. The molecule has 1 aromatic rings. The maximum atomic E-state index is 10.5. The Bertz CT molecular complexity index is 458. The van der Waals surface area contributed by atoms with E-state index >= 15 is 0 Å². The van der Waals surface area contributed by atoms with Crippen LogP contribution >= 0.6 is 0 Å². The Labute approximate surface area is 120 Å². The van der Waals surface area contributed by atoms with Crippen LogP contribution in [0, 0.1) is 5.92 Å². The standard InChI is InChI=1S/C17H23NO2/c1-18(12-15-4-2-3-5-15)13-16-8-6-14(7-9-16)10-11-17(19)20/h6-11,15H,2-5,12-13H2,1H3,(H,19,20). The van der Waals surface area contributed by atoms with Crippen molar-refractivity contribution in [1.82, 2.24) is 4.90 Å². The number of rotatable bonds is 6. The third-order valence-corrected chi connectivity index (χ3v) is 3.90. The van der Waals surface area contributed by atoms with E-state index in [1.54, 1.807) is 6.08 Å². The summed E-state index contributed by atoms with van der Waals surface area (Å²) >= 11 is 0. The highest BCUT2D eigenvalue weighted by Gasteiger charge is 2.16. The van der Waals surface area contributed by atoms with E-state index in [-0.39, 0.29) is 0 Å². The summed E-state index contributed by atoms with van der Waals surface area (Å²) in [6, 6.07) is 8.09. The Balaban J connectivity index is 1.84. The maximum Gasteiger partial charge on any atom is 0.328 e. The molecule has 0 aliphatic heterocycles. The minimum absolute atomic E-state index is 0.873. The zero-order valence-electron chi connectivity index (χ0n) is 12.1. The predicted molar refractivity (Wildman–Crippen MR) is 81.4 cm³/mol. The van der Waals surface area contributed by atoms with E-state index in [1.807, 2.05) is 12.1 Å². The Kier molecular flexibility index (Phi) is 5.36. The molecule has 0 atom stereocenters. The number of carboxylic acids is 1. The van der Waals surface area contributed by atoms with Crippen LogP contribution in [0.15, 0.2) is 30.3 Å². The second-order valence-electron chi connectivity index (χ2n) is 5.76. The van der Waals surface area contributed by atoms with Gasteiger partial charge in [-0.05, 0) is 43.0 Å². The van der Waals surface area contributed by atoms with Gasteiger partial charge < -0.3 is 10.0 Å². The van der Waals surface area contributed by atoms with Crippen LogP contribution in [0.3, 0.4) is 0 Å². The summed E-state index contributed by atoms with van der Waals surface area (Å²) in [6.07, 6.45) is 8.33. The smallest absolute Gasteiger partial charge is 0.328 e. The molecule has 1 aliphatic carbocycles. The van der Waals surface area contributed by atoms with Gasteiger partial charge in [0.15, 0.2) is 0 Å². The number of carboxylic acid groups (broad SMARTS) is 1. The first-order valence-electron chi connectivity index (χ1n) is 7.32. The predicted octanol–water partition coefficient (Wildman–Crippen LogP) is 3.41. The first-order valence-corrected chi connectivity index (χ1v) is 7.32. The molecule has 0 saturated heterocycles. The van der Waals surface area contributed by atoms with Crippen molar-refractivity contribution in [3.8, 4) is 0 Å². The normalized spacial score (nSPS) is 16.3. The molecule has 3 heteroatoms. The fraction of sp³-hybridized carbons (Fsp3) is 0.471. The van der Waals surface area contributed by atoms with Crippen LogP contribution in [0.4, 0.5) is 0 Å². The lowest BCUT2D eigenvalue weighted by Gasteiger charge is -2.20. The number of carbonyl (C=O) groups is 1. The van der Waals surface area contributed by atoms with Gasteiger partial charge in [0, 0.05) is 19.2 Å². The average molecular weight is 273 g/mol. The van der Waals surface area contributed by atoms with Crippen LogP contribution in [0.5, 0.6) is 0 Å². The molecule has 3 nitrogen and oxygen atoms in total. The van der Waals surface area contributed by atoms with Crippen molar-refractivity contribution in [2.75, 3.05) is 13.6 Å². The van der Waals surface area contributed by atoms with Gasteiger partial charge in [-0.3, -0.25) is 0 Å². The molecule has 0 amide bonds. The number of nitrogens with zero attached hydrogens (tertiary/aromatic N) is 1. The molecule has 1 N–H and O–H groups in total. The minimum atomic E-state index is -0.912. The number of benzene rings is 1. The summed E-state index contributed by atoms with van der Waals surface area (Å²) < 4.78 is 0. The van der Waals surface area contributed by atoms with Gasteiger partial charge in [0.1, 0.15) is 0 Å². The molecule has 2 rings (SSSR count). The Hall–Kier alpha value is -1.61. The first kappa shape index (κ1) is 14.8. The molecule has 0 radical (unpaired) electrons. The van der Waals surface area contributed by atoms with Crippen molar-refractivity contribution in [1.29, 1.82) is 0 Å². The molecule has 108 valence electrons. The van der Waals surface area contributed by atoms with E-state index in [9.17, 15) is 4.79 Å². The van der Waals surface area contributed by atoms with Crippen molar-refractivity contribution < 1.29 is 9.90 Å². The zero-order valence-corrected chi connectivity index (χ0v) is 12.1. The van der Waals surface area contributed by atoms with E-state index in [0.29, 0.717) is 0 Å². The monoisotopic (exact) mass is 273 g/mol. The topological polar surface area (TPSA) is 40.5 Å². The van der Waals surface area contributed by atoms with Gasteiger partial charge in [0.05, 0.1) is 0 Å². The van der Waals surface area contributed by atoms with Crippen molar-refractivity contribution in [2.45, 2.75) is 32.2 Å². The van der Waals surface area contributed by atoms with E-state index < -0.39 is 5.97 Å². The molecule has 0 aromatic heterocycles. The van der Waals surface area contributed by atoms with Crippen LogP contribution in [-0.2, 0) is 11.3 Å². The third-order valence-electron chi connectivity index (χ3n) is 3.90. The largest absolute Gasteiger partial charge is 0.478 e. The second-order valence-corrected chi connectivity index (χ2v) is 5.76. The van der Waals surface area contributed by atoms with Gasteiger partial charge >= 0.3 is 5.97 Å². The van der Waals surface area contributed by atoms with Crippen LogP contribution in [0.25, 0.3) is 6.08 Å². The van der Waals surface area contributed by atoms with Gasteiger partial charge in [-0.2, -0.15) is 0 Å². The number of hydrogen-bond acceptors (Lipinski definition) is 2. The van der Waals surface area contributed by atoms with Crippen LogP contribution < -0.4 is 0 Å². The molecule has 0 bridgehead atoms. The third kappa shape index (κ3) is 4.82. The minimum Gasteiger partial charge on any atom is -0.478 e. The fourth-order valence-corrected chi connectivity index (χ4v) is 2.91. The highest BCUT2D eigenvalue weighted by Crippen LogP contribution is 2.25. The Morgan fingerprint density at radius 1 is 1.30 bits per heavy atom. The fourth-order valence-electron chi connectivity index (χ4n) is 2.91. The lowest BCUT2D eigenvalue weighted by molar-refractivity contribution is -0.131. The average Bonchev–Trinajstić information content (AvgIpc) is 2.90. The summed E-state index contributed by atoms with van der Waals surface area (Å²) in [6.45, 7) is 2.14. The van der Waals surface area contributed by atoms with E-state index in [0.717, 1.165) is 18.0 Å². The van der Waals surface area contributed by atoms with E-state index in [2.05, 4.69) is 24.1 Å². The summed E-state index contributed by atoms with van der Waals surface area (Å²) in [5, 5.41) is 8.59. The van der Waals surface area contributed by atoms with Crippen LogP contribution in [0.2, 0.25) is 0 Å². The number of aliphatic carboxylic acids is 1. The van der Waals surface area contributed by atoms with E-state index in [1.165, 1.54) is 43.9 Å². The molecule has 0 spiro atoms. The van der Waals surface area contributed by atoms with Gasteiger partial charge in [-0.15, -0.1) is 0 Å². The van der Waals surface area contributed by atoms with E-state index in [4.69, 9.17) is 5.11 Å². The molecular formula is C17H23NO2. The van der Waals surface area contributed by atoms with Crippen molar-refractivity contribution in [3.05, 3.63) is 41.5 Å². The van der Waals surface area contributed by atoms with Gasteiger partial charge in [-0.1, -0.05) is 37.1 Å². The zero-order chi connectivity index (χ0) is 14.4. The van der Waals surface area contributed by atoms with Crippen LogP contribution in [0.1, 0.15) is 36.8 Å². The molecule has 20 heavy (non-hydrogen) atoms. The molecule has 1 fully saturated rings. The van der Waals surface area contributed by atoms with Crippen LogP contribution in [-0.4, -0.2) is 29.6 Å². The molecule has 0 unspecified atom stereocenters. The first-order chi connectivity index (χ1) is 9.63. The van der Waals surface area contributed by atoms with Gasteiger partial charge in [-0.25, -0.2) is 4.79 Å². The van der Waals surface area contributed by atoms with Crippen molar-refractivity contribution >= 4 is 12.0 Å². The van der Waals surface area contributed by atoms with Gasteiger partial charge in [0.2, 0.25) is 0 Å². The summed E-state index contributed by atoms with van der Waals surface area (Å²) in [7, 11) is 2.18. The van der Waals surface area contributed by atoms with Crippen molar-refractivity contribution in [2.24, 2.45) is 5.92 Å². The SMILES string of the molecule is CN(Cc1ccc(C=CC(=O)O)cc1)CC1CCCC1.